The molecule has 0 saturated carbocycles. The second-order valence-electron chi connectivity index (χ2n) is 7.24. The number of fused-ring (bicyclic) bond motifs is 3. The molecule has 1 unspecified atom stereocenters. The molecule has 1 aliphatic heterocycles. The molecule has 6 heteroatoms. The van der Waals surface area contributed by atoms with Crippen LogP contribution in [-0.2, 0) is 14.3 Å². The monoisotopic (exact) mass is 381 g/mol. The van der Waals surface area contributed by atoms with Gasteiger partial charge in [-0.25, -0.2) is 9.59 Å². The predicted octanol–water partition coefficient (Wildman–Crippen LogP) is 3.40. The van der Waals surface area contributed by atoms with Crippen LogP contribution in [0.4, 0.5) is 4.79 Å². The van der Waals surface area contributed by atoms with Crippen molar-refractivity contribution in [3.8, 4) is 11.1 Å². The van der Waals surface area contributed by atoms with Gasteiger partial charge in [0.15, 0.2) is 0 Å². The highest BCUT2D eigenvalue weighted by atomic mass is 16.5. The number of carbonyl (C=O) groups excluding carboxylic acids is 1. The summed E-state index contributed by atoms with van der Waals surface area (Å²) < 4.78 is 10.7. The molecule has 2 aromatic rings. The molecular formula is C22H23NO5. The van der Waals surface area contributed by atoms with Crippen molar-refractivity contribution in [3.05, 3.63) is 59.7 Å². The number of carboxylic acids is 1. The number of hydrogen-bond acceptors (Lipinski definition) is 4. The van der Waals surface area contributed by atoms with Crippen LogP contribution in [0.3, 0.4) is 0 Å². The molecule has 0 radical (unpaired) electrons. The molecule has 1 amide bonds. The zero-order chi connectivity index (χ0) is 19.5. The van der Waals surface area contributed by atoms with Crippen LogP contribution in [0, 0.1) is 5.92 Å². The first-order valence-electron chi connectivity index (χ1n) is 9.57. The summed E-state index contributed by atoms with van der Waals surface area (Å²) in [4.78, 5) is 24.0. The number of carbonyl (C=O) groups is 2. The van der Waals surface area contributed by atoms with Gasteiger partial charge in [-0.05, 0) is 41.0 Å². The lowest BCUT2D eigenvalue weighted by molar-refractivity contribution is -0.141. The third-order valence-electron chi connectivity index (χ3n) is 5.62. The van der Waals surface area contributed by atoms with Crippen molar-refractivity contribution in [2.45, 2.75) is 24.8 Å². The Balaban J connectivity index is 1.44. The summed E-state index contributed by atoms with van der Waals surface area (Å²) in [5, 5.41) is 12.0. The number of nitrogens with one attached hydrogen (secondary N) is 1. The van der Waals surface area contributed by atoms with Crippen LogP contribution in [0.2, 0.25) is 0 Å². The fourth-order valence-electron chi connectivity index (χ4n) is 4.20. The molecule has 1 saturated heterocycles. The second-order valence-corrected chi connectivity index (χ2v) is 7.24. The number of ether oxygens (including phenoxy) is 2. The Morgan fingerprint density at radius 1 is 1.04 bits per heavy atom. The third kappa shape index (κ3) is 3.60. The van der Waals surface area contributed by atoms with Crippen LogP contribution < -0.4 is 5.32 Å². The van der Waals surface area contributed by atoms with Gasteiger partial charge in [-0.2, -0.15) is 0 Å². The highest BCUT2D eigenvalue weighted by Crippen LogP contribution is 2.44. The molecule has 0 bridgehead atoms. The van der Waals surface area contributed by atoms with Gasteiger partial charge in [0, 0.05) is 19.1 Å². The minimum absolute atomic E-state index is 0.0514. The molecule has 0 aromatic heterocycles. The topological polar surface area (TPSA) is 84.9 Å². The Labute approximate surface area is 163 Å². The lowest BCUT2D eigenvalue weighted by Gasteiger charge is -2.28. The first-order chi connectivity index (χ1) is 13.6. The van der Waals surface area contributed by atoms with Gasteiger partial charge in [-0.3, -0.25) is 0 Å². The zero-order valence-corrected chi connectivity index (χ0v) is 15.5. The Hall–Kier alpha value is -2.86. The highest BCUT2D eigenvalue weighted by molar-refractivity contribution is 5.81. The lowest BCUT2D eigenvalue weighted by Crippen LogP contribution is -2.47. The lowest BCUT2D eigenvalue weighted by atomic mass is 9.92. The zero-order valence-electron chi connectivity index (χ0n) is 15.5. The van der Waals surface area contributed by atoms with Crippen LogP contribution in [0.25, 0.3) is 11.1 Å². The number of alkyl carbamates (subject to hydrolysis) is 1. The normalized spacial score (nSPS) is 17.4. The Morgan fingerprint density at radius 2 is 1.61 bits per heavy atom. The van der Waals surface area contributed by atoms with E-state index in [1.165, 1.54) is 0 Å². The van der Waals surface area contributed by atoms with Gasteiger partial charge in [-0.15, -0.1) is 0 Å². The summed E-state index contributed by atoms with van der Waals surface area (Å²) in [6.07, 6.45) is 0.530. The maximum absolute atomic E-state index is 12.4. The molecule has 4 rings (SSSR count). The fourth-order valence-corrected chi connectivity index (χ4v) is 4.20. The van der Waals surface area contributed by atoms with Crippen LogP contribution >= 0.6 is 0 Å². The van der Waals surface area contributed by atoms with Gasteiger partial charge in [0.25, 0.3) is 0 Å². The number of rotatable bonds is 5. The first-order valence-corrected chi connectivity index (χ1v) is 9.57. The van der Waals surface area contributed by atoms with Gasteiger partial charge >= 0.3 is 12.1 Å². The van der Waals surface area contributed by atoms with Crippen molar-refractivity contribution in [1.29, 1.82) is 0 Å². The summed E-state index contributed by atoms with van der Waals surface area (Å²) in [6.45, 7) is 1.20. The molecule has 28 heavy (non-hydrogen) atoms. The van der Waals surface area contributed by atoms with E-state index in [-0.39, 0.29) is 18.4 Å². The molecule has 146 valence electrons. The van der Waals surface area contributed by atoms with Crippen molar-refractivity contribution in [1.82, 2.24) is 5.32 Å². The maximum Gasteiger partial charge on any atom is 0.407 e. The summed E-state index contributed by atoms with van der Waals surface area (Å²) in [7, 11) is 0. The average Bonchev–Trinajstić information content (AvgIpc) is 3.05. The minimum Gasteiger partial charge on any atom is -0.480 e. The van der Waals surface area contributed by atoms with Crippen LogP contribution in [-0.4, -0.2) is 43.0 Å². The molecule has 1 heterocycles. The quantitative estimate of drug-likeness (QED) is 0.829. The van der Waals surface area contributed by atoms with Crippen molar-refractivity contribution in [2.75, 3.05) is 19.8 Å². The summed E-state index contributed by atoms with van der Waals surface area (Å²) in [6, 6.07) is 15.2. The van der Waals surface area contributed by atoms with E-state index in [2.05, 4.69) is 17.4 Å². The second kappa shape index (κ2) is 8.02. The summed E-state index contributed by atoms with van der Waals surface area (Å²) >= 11 is 0. The van der Waals surface area contributed by atoms with E-state index in [1.807, 2.05) is 36.4 Å². The standard InChI is InChI=1S/C22H23NO5/c24-21(25)20(14-9-11-27-12-10-14)23-22(26)28-13-19-17-7-3-1-5-15(17)16-6-2-4-8-18(16)19/h1-8,14,19-20H,9-13H2,(H,23,26)(H,24,25). The van der Waals surface area contributed by atoms with Gasteiger partial charge in [-0.1, -0.05) is 48.5 Å². The number of aliphatic carboxylic acids is 1. The number of amides is 1. The van der Waals surface area contributed by atoms with Crippen LogP contribution in [0.1, 0.15) is 29.9 Å². The van der Waals surface area contributed by atoms with Crippen molar-refractivity contribution >= 4 is 12.1 Å². The first kappa shape index (κ1) is 18.5. The molecule has 1 atom stereocenters. The van der Waals surface area contributed by atoms with Crippen molar-refractivity contribution in [3.63, 3.8) is 0 Å². The largest absolute Gasteiger partial charge is 0.480 e. The van der Waals surface area contributed by atoms with Crippen molar-refractivity contribution in [2.24, 2.45) is 5.92 Å². The van der Waals surface area contributed by atoms with E-state index in [0.29, 0.717) is 26.1 Å². The van der Waals surface area contributed by atoms with Crippen LogP contribution in [0.5, 0.6) is 0 Å². The van der Waals surface area contributed by atoms with Crippen LogP contribution in [0.15, 0.2) is 48.5 Å². The Morgan fingerprint density at radius 3 is 2.18 bits per heavy atom. The smallest absolute Gasteiger partial charge is 0.407 e. The summed E-state index contributed by atoms with van der Waals surface area (Å²) in [5.74, 6) is -1.24. The Bertz CT molecular complexity index is 829. The van der Waals surface area contributed by atoms with E-state index in [1.54, 1.807) is 0 Å². The minimum atomic E-state index is -1.04. The van der Waals surface area contributed by atoms with E-state index in [0.717, 1.165) is 22.3 Å². The SMILES string of the molecule is O=C(NC(C(=O)O)C1CCOCC1)OCC1c2ccccc2-c2ccccc21. The third-order valence-corrected chi connectivity index (χ3v) is 5.62. The van der Waals surface area contributed by atoms with E-state index < -0.39 is 18.1 Å². The molecule has 0 spiro atoms. The predicted molar refractivity (Wildman–Crippen MR) is 103 cm³/mol. The van der Waals surface area contributed by atoms with E-state index in [4.69, 9.17) is 9.47 Å². The van der Waals surface area contributed by atoms with Gasteiger partial charge in [0.05, 0.1) is 0 Å². The number of hydrogen-bond donors (Lipinski definition) is 2. The number of carboxylic acid groups (broad SMARTS) is 1. The molecule has 1 fully saturated rings. The highest BCUT2D eigenvalue weighted by Gasteiger charge is 2.33. The molecule has 2 N–H and O–H groups in total. The molecule has 2 aromatic carbocycles. The fraction of sp³-hybridized carbons (Fsp3) is 0.364. The van der Waals surface area contributed by atoms with Gasteiger partial charge in [0.1, 0.15) is 12.6 Å². The van der Waals surface area contributed by atoms with Gasteiger partial charge in [0.2, 0.25) is 0 Å². The summed E-state index contributed by atoms with van der Waals surface area (Å²) in [5.41, 5.74) is 4.54. The number of benzene rings is 2. The van der Waals surface area contributed by atoms with E-state index in [9.17, 15) is 14.7 Å². The Kier molecular flexibility index (Phi) is 5.30. The molecular weight excluding hydrogens is 358 g/mol. The average molecular weight is 381 g/mol. The molecule has 1 aliphatic carbocycles. The van der Waals surface area contributed by atoms with Gasteiger partial charge < -0.3 is 19.9 Å². The molecule has 2 aliphatic rings. The maximum atomic E-state index is 12.4. The van der Waals surface area contributed by atoms with E-state index >= 15 is 0 Å². The van der Waals surface area contributed by atoms with Crippen molar-refractivity contribution < 1.29 is 24.2 Å². The molecule has 6 nitrogen and oxygen atoms in total.